The summed E-state index contributed by atoms with van der Waals surface area (Å²) in [5.74, 6) is 0. The Morgan fingerprint density at radius 3 is 2.81 bits per heavy atom. The molecule has 16 heavy (non-hydrogen) atoms. The number of rotatable bonds is 5. The van der Waals surface area contributed by atoms with Gasteiger partial charge in [0, 0.05) is 44.9 Å². The minimum Gasteiger partial charge on any atom is -0.311 e. The Labute approximate surface area is 112 Å². The first-order valence-corrected chi connectivity index (χ1v) is 7.77. The zero-order chi connectivity index (χ0) is 12.1. The normalized spacial score (nSPS) is 14.8. The van der Waals surface area contributed by atoms with E-state index >= 15 is 0 Å². The first kappa shape index (κ1) is 14.2. The Balaban J connectivity index is 2.46. The number of hydrogen-bond acceptors (Lipinski definition) is 2. The third-order valence-corrected chi connectivity index (χ3v) is 4.47. The van der Waals surface area contributed by atoms with Crippen LogP contribution in [0.3, 0.4) is 0 Å². The van der Waals surface area contributed by atoms with Crippen LogP contribution in [0.5, 0.6) is 0 Å². The van der Waals surface area contributed by atoms with Crippen molar-refractivity contribution in [2.24, 2.45) is 0 Å². The van der Waals surface area contributed by atoms with Gasteiger partial charge >= 0.3 is 0 Å². The highest BCUT2D eigenvalue weighted by Gasteiger charge is 2.06. The summed E-state index contributed by atoms with van der Waals surface area (Å²) in [6, 6.07) is 5.82. The molecule has 1 rings (SSSR count). The van der Waals surface area contributed by atoms with Gasteiger partial charge in [-0.25, -0.2) is 0 Å². The van der Waals surface area contributed by atoms with Gasteiger partial charge in [0.15, 0.2) is 0 Å². The second kappa shape index (κ2) is 6.74. The summed E-state index contributed by atoms with van der Waals surface area (Å²) in [7, 11) is -0.780. The van der Waals surface area contributed by atoms with Gasteiger partial charge in [0.25, 0.3) is 0 Å². The topological polar surface area (TPSA) is 29.1 Å². The summed E-state index contributed by atoms with van der Waals surface area (Å²) < 4.78 is 12.1. The molecule has 0 aliphatic carbocycles. The van der Waals surface area contributed by atoms with Gasteiger partial charge in [0.05, 0.1) is 0 Å². The maximum atomic E-state index is 11.1. The molecule has 0 aliphatic heterocycles. The van der Waals surface area contributed by atoms with E-state index in [1.807, 2.05) is 25.1 Å². The highest BCUT2D eigenvalue weighted by atomic mass is 79.9. The molecule has 0 amide bonds. The predicted molar refractivity (Wildman–Crippen MR) is 74.4 cm³/mol. The highest BCUT2D eigenvalue weighted by Crippen LogP contribution is 2.21. The minimum atomic E-state index is -0.780. The van der Waals surface area contributed by atoms with Crippen molar-refractivity contribution in [2.45, 2.75) is 18.7 Å². The monoisotopic (exact) mass is 323 g/mol. The molecule has 5 heteroatoms. The van der Waals surface area contributed by atoms with Crippen LogP contribution in [0.4, 0.5) is 0 Å². The van der Waals surface area contributed by atoms with Crippen molar-refractivity contribution in [1.29, 1.82) is 0 Å². The molecule has 0 heterocycles. The first-order chi connectivity index (χ1) is 7.50. The summed E-state index contributed by atoms with van der Waals surface area (Å²) in [5, 5.41) is 4.15. The maximum Gasteiger partial charge on any atom is 0.0462 e. The maximum absolute atomic E-state index is 11.1. The molecule has 0 saturated heterocycles. The zero-order valence-electron chi connectivity index (χ0n) is 9.30. The molecule has 0 bridgehead atoms. The van der Waals surface area contributed by atoms with Crippen molar-refractivity contribution in [2.75, 3.05) is 12.8 Å². The van der Waals surface area contributed by atoms with Crippen molar-refractivity contribution in [3.8, 4) is 0 Å². The largest absolute Gasteiger partial charge is 0.311 e. The Bertz CT molecular complexity index is 386. The van der Waals surface area contributed by atoms with Crippen LogP contribution in [0.1, 0.15) is 12.5 Å². The molecular formula is C11H15BrClNOS. The summed E-state index contributed by atoms with van der Waals surface area (Å²) >= 11 is 9.44. The number of nitrogens with one attached hydrogen (secondary N) is 1. The molecule has 2 nitrogen and oxygen atoms in total. The van der Waals surface area contributed by atoms with Gasteiger partial charge in [-0.3, -0.25) is 4.21 Å². The van der Waals surface area contributed by atoms with Gasteiger partial charge < -0.3 is 5.32 Å². The lowest BCUT2D eigenvalue weighted by molar-refractivity contribution is 0.647. The van der Waals surface area contributed by atoms with E-state index in [0.29, 0.717) is 6.54 Å². The van der Waals surface area contributed by atoms with Crippen LogP contribution in [-0.2, 0) is 17.3 Å². The van der Waals surface area contributed by atoms with Crippen molar-refractivity contribution >= 4 is 38.3 Å². The van der Waals surface area contributed by atoms with Crippen LogP contribution >= 0.6 is 27.5 Å². The standard InChI is InChI=1S/C11H15BrClNOS/c1-8(16(2)15)6-14-7-9-3-4-10(12)5-11(9)13/h3-5,8,14H,6-7H2,1-2H3. The average Bonchev–Trinajstić information content (AvgIpc) is 2.20. The van der Waals surface area contributed by atoms with Gasteiger partial charge in [0.1, 0.15) is 0 Å². The van der Waals surface area contributed by atoms with Crippen LogP contribution in [0.2, 0.25) is 5.02 Å². The fourth-order valence-corrected chi connectivity index (χ4v) is 2.29. The first-order valence-electron chi connectivity index (χ1n) is 4.97. The van der Waals surface area contributed by atoms with Gasteiger partial charge in [-0.05, 0) is 24.6 Å². The van der Waals surface area contributed by atoms with Crippen LogP contribution < -0.4 is 5.32 Å². The number of benzene rings is 1. The Morgan fingerprint density at radius 2 is 2.25 bits per heavy atom. The second-order valence-electron chi connectivity index (χ2n) is 3.68. The fourth-order valence-electron chi connectivity index (χ4n) is 1.19. The molecule has 2 unspecified atom stereocenters. The molecule has 1 aromatic carbocycles. The predicted octanol–water partition coefficient (Wildman–Crippen LogP) is 2.96. The van der Waals surface area contributed by atoms with Gasteiger partial charge in [-0.1, -0.05) is 33.6 Å². The molecule has 1 N–H and O–H groups in total. The molecule has 0 aromatic heterocycles. The molecule has 2 atom stereocenters. The van der Waals surface area contributed by atoms with Crippen LogP contribution in [0.25, 0.3) is 0 Å². The van der Waals surface area contributed by atoms with Crippen LogP contribution in [-0.4, -0.2) is 22.3 Å². The highest BCUT2D eigenvalue weighted by molar-refractivity contribution is 9.10. The molecule has 0 aliphatic rings. The van der Waals surface area contributed by atoms with E-state index in [0.717, 1.165) is 21.6 Å². The zero-order valence-corrected chi connectivity index (χ0v) is 12.5. The molecular weight excluding hydrogens is 310 g/mol. The summed E-state index contributed by atoms with van der Waals surface area (Å²) in [6.07, 6.45) is 1.72. The van der Waals surface area contributed by atoms with Gasteiger partial charge in [-0.15, -0.1) is 0 Å². The average molecular weight is 325 g/mol. The fraction of sp³-hybridized carbons (Fsp3) is 0.455. The smallest absolute Gasteiger partial charge is 0.0462 e. The van der Waals surface area contributed by atoms with Crippen molar-refractivity contribution in [3.63, 3.8) is 0 Å². The third-order valence-electron chi connectivity index (χ3n) is 2.33. The van der Waals surface area contributed by atoms with Crippen molar-refractivity contribution < 1.29 is 4.21 Å². The second-order valence-corrected chi connectivity index (χ2v) is 6.80. The molecule has 0 radical (unpaired) electrons. The SMILES string of the molecule is CC(CNCc1ccc(Br)cc1Cl)S(C)=O. The van der Waals surface area contributed by atoms with Gasteiger partial charge in [-0.2, -0.15) is 0 Å². The molecule has 0 saturated carbocycles. The summed E-state index contributed by atoms with van der Waals surface area (Å²) in [6.45, 7) is 3.40. The molecule has 1 aromatic rings. The summed E-state index contributed by atoms with van der Waals surface area (Å²) in [4.78, 5) is 0. The van der Waals surface area contributed by atoms with Gasteiger partial charge in [0.2, 0.25) is 0 Å². The molecule has 90 valence electrons. The number of halogens is 2. The van der Waals surface area contributed by atoms with Crippen LogP contribution in [0.15, 0.2) is 22.7 Å². The van der Waals surface area contributed by atoms with E-state index < -0.39 is 10.8 Å². The van der Waals surface area contributed by atoms with Crippen LogP contribution in [0, 0.1) is 0 Å². The minimum absolute atomic E-state index is 0.161. The van der Waals surface area contributed by atoms with E-state index in [9.17, 15) is 4.21 Å². The Hall–Kier alpha value is 0.1000. The lowest BCUT2D eigenvalue weighted by Crippen LogP contribution is -2.27. The third kappa shape index (κ3) is 4.53. The van der Waals surface area contributed by atoms with E-state index in [1.165, 1.54) is 0 Å². The summed E-state index contributed by atoms with van der Waals surface area (Å²) in [5.41, 5.74) is 1.05. The van der Waals surface area contributed by atoms with E-state index in [4.69, 9.17) is 11.6 Å². The Kier molecular flexibility index (Phi) is 5.97. The molecule has 0 fully saturated rings. The van der Waals surface area contributed by atoms with E-state index in [2.05, 4.69) is 21.2 Å². The van der Waals surface area contributed by atoms with Crippen molar-refractivity contribution in [3.05, 3.63) is 33.3 Å². The lowest BCUT2D eigenvalue weighted by atomic mass is 10.2. The van der Waals surface area contributed by atoms with E-state index in [-0.39, 0.29) is 5.25 Å². The van der Waals surface area contributed by atoms with E-state index in [1.54, 1.807) is 6.26 Å². The Morgan fingerprint density at radius 1 is 1.56 bits per heavy atom. The molecule has 0 spiro atoms. The number of hydrogen-bond donors (Lipinski definition) is 1. The van der Waals surface area contributed by atoms with Crippen molar-refractivity contribution in [1.82, 2.24) is 5.32 Å². The quantitative estimate of drug-likeness (QED) is 0.902. The lowest BCUT2D eigenvalue weighted by Gasteiger charge is -2.10.